The van der Waals surface area contributed by atoms with E-state index in [1.807, 2.05) is 7.11 Å². The third kappa shape index (κ3) is 12.0. The van der Waals surface area contributed by atoms with E-state index in [0.717, 1.165) is 58.7 Å². The number of epoxide rings is 1. The van der Waals surface area contributed by atoms with Gasteiger partial charge in [-0.3, -0.25) is 0 Å². The molecule has 2 atom stereocenters. The maximum absolute atomic E-state index is 6.01. The smallest absolute Gasteiger partial charge is 0.104 e. The Balaban J connectivity index is 2.23. The molecule has 1 fully saturated rings. The molecule has 1 aliphatic rings. The highest BCUT2D eigenvalue weighted by Crippen LogP contribution is 2.29. The van der Waals surface area contributed by atoms with Gasteiger partial charge in [0.25, 0.3) is 0 Å². The van der Waals surface area contributed by atoms with Crippen molar-refractivity contribution in [3.63, 3.8) is 0 Å². The molecule has 150 valence electrons. The van der Waals surface area contributed by atoms with Crippen molar-refractivity contribution in [2.45, 2.75) is 96.2 Å². The molecule has 0 amide bonds. The third-order valence-electron chi connectivity index (χ3n) is 5.20. The standard InChI is InChI=1S/C21H42O4/c1-4-6-7-8-9-10-11-13-21(22-3,15-17-23-5-2)14-12-16-24-18-20-19-25-20/h20H,4-19H2,1-3H3. The van der Waals surface area contributed by atoms with Crippen LogP contribution in [0.1, 0.15) is 84.5 Å². The van der Waals surface area contributed by atoms with Crippen LogP contribution >= 0.6 is 0 Å². The zero-order valence-electron chi connectivity index (χ0n) is 17.0. The van der Waals surface area contributed by atoms with Crippen molar-refractivity contribution in [1.82, 2.24) is 0 Å². The summed E-state index contributed by atoms with van der Waals surface area (Å²) in [4.78, 5) is 0. The van der Waals surface area contributed by atoms with E-state index in [9.17, 15) is 0 Å². The van der Waals surface area contributed by atoms with Gasteiger partial charge in [-0.1, -0.05) is 51.9 Å². The Labute approximate surface area is 155 Å². The van der Waals surface area contributed by atoms with Crippen LogP contribution in [0.2, 0.25) is 0 Å². The minimum atomic E-state index is -0.0436. The number of unbranched alkanes of at least 4 members (excludes halogenated alkanes) is 6. The monoisotopic (exact) mass is 358 g/mol. The fourth-order valence-electron chi connectivity index (χ4n) is 3.36. The van der Waals surface area contributed by atoms with Crippen molar-refractivity contribution in [3.05, 3.63) is 0 Å². The molecule has 0 aliphatic carbocycles. The van der Waals surface area contributed by atoms with E-state index in [2.05, 4.69) is 13.8 Å². The number of methoxy groups -OCH3 is 1. The second kappa shape index (κ2) is 15.0. The van der Waals surface area contributed by atoms with E-state index in [1.165, 1.54) is 44.9 Å². The Kier molecular flexibility index (Phi) is 13.7. The average molecular weight is 359 g/mol. The highest BCUT2D eigenvalue weighted by atomic mass is 16.6. The topological polar surface area (TPSA) is 40.2 Å². The van der Waals surface area contributed by atoms with E-state index in [0.29, 0.717) is 6.10 Å². The van der Waals surface area contributed by atoms with Crippen LogP contribution in [0.4, 0.5) is 0 Å². The van der Waals surface area contributed by atoms with Gasteiger partial charge in [-0.05, 0) is 32.6 Å². The lowest BCUT2D eigenvalue weighted by molar-refractivity contribution is -0.0552. The summed E-state index contributed by atoms with van der Waals surface area (Å²) in [6.07, 6.45) is 14.0. The van der Waals surface area contributed by atoms with Crippen LogP contribution in [0, 0.1) is 0 Å². The molecule has 0 N–H and O–H groups in total. The fraction of sp³-hybridized carbons (Fsp3) is 1.00. The number of hydrogen-bond donors (Lipinski definition) is 0. The second-order valence-electron chi connectivity index (χ2n) is 7.34. The SMILES string of the molecule is CCCCCCCCCC(CCCOCC1CO1)(CCOCC)OC. The first-order chi connectivity index (χ1) is 12.3. The van der Waals surface area contributed by atoms with Crippen LogP contribution in [0.3, 0.4) is 0 Å². The molecule has 1 rings (SSSR count). The van der Waals surface area contributed by atoms with Crippen molar-refractivity contribution in [1.29, 1.82) is 0 Å². The highest BCUT2D eigenvalue weighted by Gasteiger charge is 2.29. The van der Waals surface area contributed by atoms with Gasteiger partial charge < -0.3 is 18.9 Å². The van der Waals surface area contributed by atoms with E-state index >= 15 is 0 Å². The summed E-state index contributed by atoms with van der Waals surface area (Å²) in [5.74, 6) is 0. The summed E-state index contributed by atoms with van der Waals surface area (Å²) in [5.41, 5.74) is -0.0436. The lowest BCUT2D eigenvalue weighted by atomic mass is 9.87. The van der Waals surface area contributed by atoms with Gasteiger partial charge in [-0.15, -0.1) is 0 Å². The van der Waals surface area contributed by atoms with E-state index in [1.54, 1.807) is 0 Å². The Morgan fingerprint density at radius 2 is 1.52 bits per heavy atom. The molecule has 25 heavy (non-hydrogen) atoms. The van der Waals surface area contributed by atoms with Crippen LogP contribution < -0.4 is 0 Å². The zero-order valence-corrected chi connectivity index (χ0v) is 17.0. The first kappa shape index (κ1) is 22.9. The Hall–Kier alpha value is -0.160. The lowest BCUT2D eigenvalue weighted by Gasteiger charge is -2.33. The van der Waals surface area contributed by atoms with Gasteiger partial charge >= 0.3 is 0 Å². The molecule has 0 spiro atoms. The van der Waals surface area contributed by atoms with Crippen LogP contribution in [-0.4, -0.2) is 51.8 Å². The van der Waals surface area contributed by atoms with Crippen LogP contribution in [0.5, 0.6) is 0 Å². The molecule has 0 saturated carbocycles. The third-order valence-corrected chi connectivity index (χ3v) is 5.20. The lowest BCUT2D eigenvalue weighted by Crippen LogP contribution is -2.33. The highest BCUT2D eigenvalue weighted by molar-refractivity contribution is 4.81. The zero-order chi connectivity index (χ0) is 18.2. The molecule has 4 heteroatoms. The molecule has 0 radical (unpaired) electrons. The number of hydrogen-bond acceptors (Lipinski definition) is 4. The van der Waals surface area contributed by atoms with E-state index < -0.39 is 0 Å². The normalized spacial score (nSPS) is 19.1. The molecule has 1 aliphatic heterocycles. The van der Waals surface area contributed by atoms with Gasteiger partial charge in [0.15, 0.2) is 0 Å². The minimum Gasteiger partial charge on any atom is -0.382 e. The van der Waals surface area contributed by atoms with Crippen molar-refractivity contribution in [3.8, 4) is 0 Å². The first-order valence-electron chi connectivity index (χ1n) is 10.6. The van der Waals surface area contributed by atoms with Crippen LogP contribution in [0.25, 0.3) is 0 Å². The number of rotatable bonds is 19. The van der Waals surface area contributed by atoms with Gasteiger partial charge in [0.1, 0.15) is 6.10 Å². The fourth-order valence-corrected chi connectivity index (χ4v) is 3.36. The largest absolute Gasteiger partial charge is 0.382 e. The van der Waals surface area contributed by atoms with Crippen molar-refractivity contribution >= 4 is 0 Å². The quantitative estimate of drug-likeness (QED) is 0.237. The predicted octanol–water partition coefficient (Wildman–Crippen LogP) is 5.13. The Morgan fingerprint density at radius 1 is 0.840 bits per heavy atom. The van der Waals surface area contributed by atoms with Gasteiger partial charge in [0.2, 0.25) is 0 Å². The summed E-state index contributed by atoms with van der Waals surface area (Å²) in [6.45, 7) is 8.31. The van der Waals surface area contributed by atoms with Crippen molar-refractivity contribution in [2.75, 3.05) is 40.1 Å². The Bertz CT molecular complexity index is 294. The molecular formula is C21H42O4. The van der Waals surface area contributed by atoms with Crippen LogP contribution in [-0.2, 0) is 18.9 Å². The molecule has 1 heterocycles. The van der Waals surface area contributed by atoms with Crippen molar-refractivity contribution in [2.24, 2.45) is 0 Å². The molecule has 0 aromatic heterocycles. The second-order valence-corrected chi connectivity index (χ2v) is 7.34. The molecular weight excluding hydrogens is 316 g/mol. The molecule has 0 bridgehead atoms. The maximum Gasteiger partial charge on any atom is 0.104 e. The van der Waals surface area contributed by atoms with Crippen molar-refractivity contribution < 1.29 is 18.9 Å². The van der Waals surface area contributed by atoms with Crippen LogP contribution in [0.15, 0.2) is 0 Å². The predicted molar refractivity (Wildman–Crippen MR) is 103 cm³/mol. The summed E-state index contributed by atoms with van der Waals surface area (Å²) in [6, 6.07) is 0. The van der Waals surface area contributed by atoms with Gasteiger partial charge in [0, 0.05) is 26.9 Å². The number of ether oxygens (including phenoxy) is 4. The summed E-state index contributed by atoms with van der Waals surface area (Å²) < 4.78 is 22.5. The van der Waals surface area contributed by atoms with Gasteiger partial charge in [-0.2, -0.15) is 0 Å². The first-order valence-corrected chi connectivity index (χ1v) is 10.6. The molecule has 1 saturated heterocycles. The average Bonchev–Trinajstić information content (AvgIpc) is 3.44. The van der Waals surface area contributed by atoms with Gasteiger partial charge in [-0.25, -0.2) is 0 Å². The Morgan fingerprint density at radius 3 is 2.16 bits per heavy atom. The van der Waals surface area contributed by atoms with E-state index in [-0.39, 0.29) is 5.60 Å². The van der Waals surface area contributed by atoms with E-state index in [4.69, 9.17) is 18.9 Å². The summed E-state index contributed by atoms with van der Waals surface area (Å²) in [5, 5.41) is 0. The molecule has 2 unspecified atom stereocenters. The molecule has 0 aromatic carbocycles. The molecule has 4 nitrogen and oxygen atoms in total. The summed E-state index contributed by atoms with van der Waals surface area (Å²) >= 11 is 0. The molecule has 0 aromatic rings. The summed E-state index contributed by atoms with van der Waals surface area (Å²) in [7, 11) is 1.87. The minimum absolute atomic E-state index is 0.0436. The maximum atomic E-state index is 6.01. The van der Waals surface area contributed by atoms with Gasteiger partial charge in [0.05, 0.1) is 18.8 Å².